The summed E-state index contributed by atoms with van der Waals surface area (Å²) in [7, 11) is 1.69. The first-order chi connectivity index (χ1) is 11.7. The largest absolute Gasteiger partial charge is 0.497 e. The molecule has 5 heteroatoms. The van der Waals surface area contributed by atoms with E-state index in [0.717, 1.165) is 57.9 Å². The highest BCUT2D eigenvalue weighted by atomic mass is 16.5. The number of piperazine rings is 1. The first kappa shape index (κ1) is 18.6. The highest BCUT2D eigenvalue weighted by molar-refractivity contribution is 5.78. The van der Waals surface area contributed by atoms with E-state index in [-0.39, 0.29) is 11.8 Å². The van der Waals surface area contributed by atoms with Gasteiger partial charge in [-0.3, -0.25) is 9.69 Å². The standard InChI is InChI=1S/C19H31N3O2/c1-4-16(5-2)19(23)20-10-11-21-12-14-22(15-13-21)17-6-8-18(24-3)9-7-17/h6-9,16H,4-5,10-15H2,1-3H3,(H,20,23). The van der Waals surface area contributed by atoms with Gasteiger partial charge < -0.3 is 15.0 Å². The number of ether oxygens (including phenoxy) is 1. The number of rotatable bonds is 8. The lowest BCUT2D eigenvalue weighted by atomic mass is 10.0. The first-order valence-corrected chi connectivity index (χ1v) is 9.07. The van der Waals surface area contributed by atoms with Crippen LogP contribution >= 0.6 is 0 Å². The van der Waals surface area contributed by atoms with Gasteiger partial charge >= 0.3 is 0 Å². The molecule has 0 radical (unpaired) electrons. The predicted molar refractivity (Wildman–Crippen MR) is 98.7 cm³/mol. The van der Waals surface area contributed by atoms with Gasteiger partial charge in [-0.1, -0.05) is 13.8 Å². The fourth-order valence-electron chi connectivity index (χ4n) is 3.16. The molecule has 1 saturated heterocycles. The van der Waals surface area contributed by atoms with Crippen LogP contribution in [0.2, 0.25) is 0 Å². The third-order valence-electron chi connectivity index (χ3n) is 4.89. The number of nitrogens with zero attached hydrogens (tertiary/aromatic N) is 2. The van der Waals surface area contributed by atoms with Crippen molar-refractivity contribution in [2.24, 2.45) is 5.92 Å². The van der Waals surface area contributed by atoms with Crippen LogP contribution in [0.3, 0.4) is 0 Å². The number of anilines is 1. The molecular weight excluding hydrogens is 302 g/mol. The van der Waals surface area contributed by atoms with E-state index in [0.29, 0.717) is 0 Å². The van der Waals surface area contributed by atoms with Gasteiger partial charge in [-0.15, -0.1) is 0 Å². The van der Waals surface area contributed by atoms with E-state index in [1.54, 1.807) is 7.11 Å². The summed E-state index contributed by atoms with van der Waals surface area (Å²) in [5.74, 6) is 1.26. The monoisotopic (exact) mass is 333 g/mol. The zero-order chi connectivity index (χ0) is 17.4. The lowest BCUT2D eigenvalue weighted by Crippen LogP contribution is -2.48. The summed E-state index contributed by atoms with van der Waals surface area (Å²) in [5, 5.41) is 3.08. The van der Waals surface area contributed by atoms with E-state index in [1.807, 2.05) is 12.1 Å². The minimum absolute atomic E-state index is 0.164. The summed E-state index contributed by atoms with van der Waals surface area (Å²) in [5.41, 5.74) is 1.25. The number of hydrogen-bond donors (Lipinski definition) is 1. The molecule has 0 spiro atoms. The molecule has 0 atom stereocenters. The fourth-order valence-corrected chi connectivity index (χ4v) is 3.16. The third kappa shape index (κ3) is 5.13. The fraction of sp³-hybridized carbons (Fsp3) is 0.632. The van der Waals surface area contributed by atoms with Crippen molar-refractivity contribution in [1.29, 1.82) is 0 Å². The Kier molecular flexibility index (Phi) is 7.37. The van der Waals surface area contributed by atoms with Crippen LogP contribution in [0.4, 0.5) is 5.69 Å². The lowest BCUT2D eigenvalue weighted by Gasteiger charge is -2.36. The Morgan fingerprint density at radius 3 is 2.29 bits per heavy atom. The summed E-state index contributed by atoms with van der Waals surface area (Å²) < 4.78 is 5.21. The smallest absolute Gasteiger partial charge is 0.223 e. The Hall–Kier alpha value is -1.75. The zero-order valence-electron chi connectivity index (χ0n) is 15.3. The second kappa shape index (κ2) is 9.52. The van der Waals surface area contributed by atoms with E-state index < -0.39 is 0 Å². The number of carbonyl (C=O) groups is 1. The van der Waals surface area contributed by atoms with Gasteiger partial charge in [-0.25, -0.2) is 0 Å². The molecule has 1 heterocycles. The Bertz CT molecular complexity index is 492. The van der Waals surface area contributed by atoms with E-state index in [4.69, 9.17) is 4.74 Å². The van der Waals surface area contributed by atoms with Crippen molar-refractivity contribution < 1.29 is 9.53 Å². The molecule has 2 rings (SSSR count). The molecule has 1 aliphatic rings. The van der Waals surface area contributed by atoms with Crippen molar-refractivity contribution >= 4 is 11.6 Å². The molecule has 1 aromatic carbocycles. The summed E-state index contributed by atoms with van der Waals surface area (Å²) in [6.45, 7) is 9.94. The Morgan fingerprint density at radius 1 is 1.12 bits per heavy atom. The maximum absolute atomic E-state index is 12.0. The first-order valence-electron chi connectivity index (χ1n) is 9.07. The van der Waals surface area contributed by atoms with Crippen LogP contribution in [0.25, 0.3) is 0 Å². The van der Waals surface area contributed by atoms with Crippen LogP contribution in [-0.4, -0.2) is 57.2 Å². The second-order valence-corrected chi connectivity index (χ2v) is 6.33. The molecular formula is C19H31N3O2. The number of benzene rings is 1. The number of methoxy groups -OCH3 is 1. The topological polar surface area (TPSA) is 44.8 Å². The van der Waals surface area contributed by atoms with Gasteiger partial charge in [0.15, 0.2) is 0 Å². The SMILES string of the molecule is CCC(CC)C(=O)NCCN1CCN(c2ccc(OC)cc2)CC1. The van der Waals surface area contributed by atoms with Gasteiger partial charge in [-0.2, -0.15) is 0 Å². The Balaban J connectivity index is 1.70. The molecule has 1 aromatic rings. The molecule has 24 heavy (non-hydrogen) atoms. The van der Waals surface area contributed by atoms with Crippen LogP contribution in [0.1, 0.15) is 26.7 Å². The van der Waals surface area contributed by atoms with E-state index in [9.17, 15) is 4.79 Å². The molecule has 0 saturated carbocycles. The van der Waals surface area contributed by atoms with Gasteiger partial charge in [0.2, 0.25) is 5.91 Å². The molecule has 0 bridgehead atoms. The summed E-state index contributed by atoms with van der Waals surface area (Å²) in [4.78, 5) is 16.8. The lowest BCUT2D eigenvalue weighted by molar-refractivity contribution is -0.125. The van der Waals surface area contributed by atoms with Crippen molar-refractivity contribution in [2.75, 3.05) is 51.3 Å². The van der Waals surface area contributed by atoms with E-state index in [1.165, 1.54) is 5.69 Å². The minimum atomic E-state index is 0.164. The highest BCUT2D eigenvalue weighted by Crippen LogP contribution is 2.20. The van der Waals surface area contributed by atoms with Gasteiger partial charge in [0.05, 0.1) is 7.11 Å². The molecule has 0 unspecified atom stereocenters. The Labute approximate surface area is 146 Å². The average molecular weight is 333 g/mol. The molecule has 0 aliphatic carbocycles. The van der Waals surface area contributed by atoms with Gasteiger partial charge in [0, 0.05) is 50.9 Å². The summed E-state index contributed by atoms with van der Waals surface area (Å²) in [6, 6.07) is 8.25. The van der Waals surface area contributed by atoms with Crippen molar-refractivity contribution in [3.05, 3.63) is 24.3 Å². The number of hydrogen-bond acceptors (Lipinski definition) is 4. The average Bonchev–Trinajstić information content (AvgIpc) is 2.63. The molecule has 1 aliphatic heterocycles. The van der Waals surface area contributed by atoms with E-state index in [2.05, 4.69) is 41.1 Å². The van der Waals surface area contributed by atoms with Crippen molar-refractivity contribution in [3.8, 4) is 5.75 Å². The van der Waals surface area contributed by atoms with Gasteiger partial charge in [-0.05, 0) is 37.1 Å². The minimum Gasteiger partial charge on any atom is -0.497 e. The van der Waals surface area contributed by atoms with Crippen molar-refractivity contribution in [3.63, 3.8) is 0 Å². The number of carbonyl (C=O) groups excluding carboxylic acids is 1. The van der Waals surface area contributed by atoms with Gasteiger partial charge in [0.25, 0.3) is 0 Å². The number of nitrogens with one attached hydrogen (secondary N) is 1. The van der Waals surface area contributed by atoms with E-state index >= 15 is 0 Å². The number of amides is 1. The van der Waals surface area contributed by atoms with Crippen molar-refractivity contribution in [1.82, 2.24) is 10.2 Å². The molecule has 1 fully saturated rings. The van der Waals surface area contributed by atoms with Crippen LogP contribution in [-0.2, 0) is 4.79 Å². The molecule has 1 amide bonds. The normalized spacial score (nSPS) is 15.6. The molecule has 134 valence electrons. The van der Waals surface area contributed by atoms with Crippen LogP contribution in [0.5, 0.6) is 5.75 Å². The summed E-state index contributed by atoms with van der Waals surface area (Å²) >= 11 is 0. The van der Waals surface area contributed by atoms with Crippen LogP contribution in [0, 0.1) is 5.92 Å². The Morgan fingerprint density at radius 2 is 1.75 bits per heavy atom. The molecule has 1 N–H and O–H groups in total. The maximum atomic E-state index is 12.0. The quantitative estimate of drug-likeness (QED) is 0.793. The highest BCUT2D eigenvalue weighted by Gasteiger charge is 2.18. The second-order valence-electron chi connectivity index (χ2n) is 6.33. The predicted octanol–water partition coefficient (Wildman–Crippen LogP) is 2.37. The maximum Gasteiger partial charge on any atom is 0.223 e. The molecule has 5 nitrogen and oxygen atoms in total. The van der Waals surface area contributed by atoms with Crippen LogP contribution < -0.4 is 15.0 Å². The van der Waals surface area contributed by atoms with Gasteiger partial charge in [0.1, 0.15) is 5.75 Å². The van der Waals surface area contributed by atoms with Crippen LogP contribution in [0.15, 0.2) is 24.3 Å². The third-order valence-corrected chi connectivity index (χ3v) is 4.89. The summed E-state index contributed by atoms with van der Waals surface area (Å²) in [6.07, 6.45) is 1.84. The molecule has 0 aromatic heterocycles. The van der Waals surface area contributed by atoms with Crippen molar-refractivity contribution in [2.45, 2.75) is 26.7 Å². The zero-order valence-corrected chi connectivity index (χ0v) is 15.3.